The maximum atomic E-state index is 10.8. The van der Waals surface area contributed by atoms with E-state index in [-0.39, 0.29) is 37.4 Å². The van der Waals surface area contributed by atoms with E-state index in [2.05, 4.69) is 4.57 Å². The monoisotopic (exact) mass is 371 g/mol. The molecule has 120 valence electrons. The second-order valence-corrected chi connectivity index (χ2v) is 6.27. The third-order valence-electron chi connectivity index (χ3n) is 3.84. The number of aryl methyl sites for hydroxylation is 1. The Balaban J connectivity index is 0.00000156. The number of benzene rings is 2. The Morgan fingerprint density at radius 3 is 2.58 bits per heavy atom. The summed E-state index contributed by atoms with van der Waals surface area (Å²) in [5, 5.41) is 11.2. The van der Waals surface area contributed by atoms with Gasteiger partial charge in [0.05, 0.1) is 0 Å². The van der Waals surface area contributed by atoms with Crippen LogP contribution in [0.15, 0.2) is 48.7 Å². The molecule has 0 atom stereocenters. The van der Waals surface area contributed by atoms with Gasteiger partial charge in [-0.2, -0.15) is 0 Å². The molecular weight excluding hydrogens is 356 g/mol. The van der Waals surface area contributed by atoms with Gasteiger partial charge in [-0.1, -0.05) is 47.5 Å². The number of carboxylic acid groups (broad SMARTS) is 1. The molecule has 1 heterocycles. The SMILES string of the molecule is O=C(O)CCc1cn(Cc2ccc(Cl)cc2Cl)c2ccccc12.[H-].[Na+]. The second-order valence-electron chi connectivity index (χ2n) is 5.43. The van der Waals surface area contributed by atoms with Crippen molar-refractivity contribution in [3.8, 4) is 0 Å². The zero-order chi connectivity index (χ0) is 16.4. The molecule has 0 saturated heterocycles. The summed E-state index contributed by atoms with van der Waals surface area (Å²) in [5.41, 5.74) is 3.08. The summed E-state index contributed by atoms with van der Waals surface area (Å²) in [7, 11) is 0. The van der Waals surface area contributed by atoms with Crippen molar-refractivity contribution in [2.45, 2.75) is 19.4 Å². The molecule has 0 aliphatic heterocycles. The van der Waals surface area contributed by atoms with Gasteiger partial charge in [-0.25, -0.2) is 0 Å². The number of nitrogens with zero attached hydrogens (tertiary/aromatic N) is 1. The smallest absolute Gasteiger partial charge is 1.00 e. The van der Waals surface area contributed by atoms with Crippen LogP contribution in [0.25, 0.3) is 10.9 Å². The van der Waals surface area contributed by atoms with E-state index in [4.69, 9.17) is 28.3 Å². The third kappa shape index (κ3) is 4.35. The third-order valence-corrected chi connectivity index (χ3v) is 4.42. The molecule has 0 bridgehead atoms. The molecule has 1 aromatic heterocycles. The van der Waals surface area contributed by atoms with Crippen molar-refractivity contribution in [1.29, 1.82) is 0 Å². The Morgan fingerprint density at radius 2 is 1.88 bits per heavy atom. The van der Waals surface area contributed by atoms with Crippen LogP contribution < -0.4 is 29.6 Å². The maximum absolute atomic E-state index is 10.8. The minimum Gasteiger partial charge on any atom is -1.00 e. The van der Waals surface area contributed by atoms with E-state index in [1.807, 2.05) is 42.6 Å². The number of carboxylic acids is 1. The molecule has 3 nitrogen and oxygen atoms in total. The molecule has 3 rings (SSSR count). The maximum Gasteiger partial charge on any atom is 1.00 e. The fourth-order valence-corrected chi connectivity index (χ4v) is 3.20. The van der Waals surface area contributed by atoms with Crippen molar-refractivity contribution in [2.24, 2.45) is 0 Å². The molecule has 0 amide bonds. The van der Waals surface area contributed by atoms with Gasteiger partial charge in [0.15, 0.2) is 0 Å². The van der Waals surface area contributed by atoms with Crippen molar-refractivity contribution in [1.82, 2.24) is 4.57 Å². The summed E-state index contributed by atoms with van der Waals surface area (Å²) in [6.45, 7) is 0.615. The molecule has 2 aromatic carbocycles. The molecular formula is C18H16Cl2NNaO2. The molecule has 0 aliphatic carbocycles. The minimum atomic E-state index is -0.789. The molecule has 0 aliphatic rings. The zero-order valence-corrected chi connectivity index (χ0v) is 16.8. The van der Waals surface area contributed by atoms with E-state index in [1.54, 1.807) is 6.07 Å². The Hall–Kier alpha value is -0.970. The van der Waals surface area contributed by atoms with E-state index in [0.717, 1.165) is 22.0 Å². The standard InChI is InChI=1S/C18H15Cl2NO2.Na.H/c19-14-7-5-13(16(20)9-14)11-21-10-12(6-8-18(22)23)15-3-1-2-4-17(15)21;;/h1-5,7,9-10H,6,8,11H2,(H,22,23);;/q;+1;-1. The summed E-state index contributed by atoms with van der Waals surface area (Å²) in [6.07, 6.45) is 2.64. The number of carbonyl (C=O) groups is 1. The molecule has 24 heavy (non-hydrogen) atoms. The number of halogens is 2. The Kier molecular flexibility index (Phi) is 6.79. The summed E-state index contributed by atoms with van der Waals surface area (Å²) >= 11 is 12.2. The van der Waals surface area contributed by atoms with Gasteiger partial charge in [0.25, 0.3) is 0 Å². The van der Waals surface area contributed by atoms with Gasteiger partial charge in [-0.15, -0.1) is 0 Å². The van der Waals surface area contributed by atoms with Crippen LogP contribution in [0.2, 0.25) is 10.0 Å². The largest absolute Gasteiger partial charge is 1.00 e. The van der Waals surface area contributed by atoms with Crippen LogP contribution in [0.3, 0.4) is 0 Å². The average Bonchev–Trinajstić information content (AvgIpc) is 2.86. The van der Waals surface area contributed by atoms with Gasteiger partial charge in [0.2, 0.25) is 0 Å². The zero-order valence-electron chi connectivity index (χ0n) is 14.3. The Labute approximate surface area is 174 Å². The van der Waals surface area contributed by atoms with Gasteiger partial charge in [0.1, 0.15) is 0 Å². The number of hydrogen-bond donors (Lipinski definition) is 1. The predicted molar refractivity (Wildman–Crippen MR) is 94.6 cm³/mol. The molecule has 0 fully saturated rings. The normalized spacial score (nSPS) is 10.6. The molecule has 1 N–H and O–H groups in total. The number of hydrogen-bond acceptors (Lipinski definition) is 1. The van der Waals surface area contributed by atoms with Crippen molar-refractivity contribution in [2.75, 3.05) is 0 Å². The topological polar surface area (TPSA) is 42.2 Å². The van der Waals surface area contributed by atoms with Crippen LogP contribution in [0.1, 0.15) is 19.0 Å². The predicted octanol–water partition coefficient (Wildman–Crippen LogP) is 2.13. The van der Waals surface area contributed by atoms with E-state index in [1.165, 1.54) is 0 Å². The van der Waals surface area contributed by atoms with E-state index in [0.29, 0.717) is 23.0 Å². The molecule has 0 unspecified atom stereocenters. The van der Waals surface area contributed by atoms with Gasteiger partial charge in [-0.05, 0) is 35.7 Å². The Bertz CT molecular complexity index is 883. The number of para-hydroxylation sites is 1. The number of fused-ring (bicyclic) bond motifs is 1. The van der Waals surface area contributed by atoms with E-state index >= 15 is 0 Å². The number of aromatic nitrogens is 1. The van der Waals surface area contributed by atoms with Crippen LogP contribution in [0.5, 0.6) is 0 Å². The van der Waals surface area contributed by atoms with Gasteiger partial charge in [0, 0.05) is 40.1 Å². The van der Waals surface area contributed by atoms with Crippen molar-refractivity contribution < 1.29 is 40.9 Å². The second kappa shape index (κ2) is 8.41. The summed E-state index contributed by atoms with van der Waals surface area (Å²) < 4.78 is 2.10. The molecule has 0 spiro atoms. The molecule has 0 saturated carbocycles. The van der Waals surface area contributed by atoms with Crippen LogP contribution in [0, 0.1) is 0 Å². The first-order valence-electron chi connectivity index (χ1n) is 7.27. The molecule has 0 radical (unpaired) electrons. The van der Waals surface area contributed by atoms with Crippen LogP contribution in [0.4, 0.5) is 0 Å². The quantitative estimate of drug-likeness (QED) is 0.698. The van der Waals surface area contributed by atoms with Crippen molar-refractivity contribution >= 4 is 40.1 Å². The van der Waals surface area contributed by atoms with Crippen molar-refractivity contribution in [3.05, 3.63) is 69.8 Å². The first kappa shape index (κ1) is 19.4. The van der Waals surface area contributed by atoms with Crippen LogP contribution in [-0.4, -0.2) is 15.6 Å². The van der Waals surface area contributed by atoms with E-state index < -0.39 is 5.97 Å². The van der Waals surface area contributed by atoms with Crippen LogP contribution >= 0.6 is 23.2 Å². The summed E-state index contributed by atoms with van der Waals surface area (Å²) in [5.74, 6) is -0.789. The summed E-state index contributed by atoms with van der Waals surface area (Å²) in [6, 6.07) is 13.5. The average molecular weight is 372 g/mol. The van der Waals surface area contributed by atoms with Gasteiger partial charge in [-0.3, -0.25) is 4.79 Å². The van der Waals surface area contributed by atoms with Gasteiger partial charge >= 0.3 is 35.5 Å². The summed E-state index contributed by atoms with van der Waals surface area (Å²) in [4.78, 5) is 10.8. The Morgan fingerprint density at radius 1 is 1.12 bits per heavy atom. The van der Waals surface area contributed by atoms with Gasteiger partial charge < -0.3 is 11.1 Å². The fraction of sp³-hybridized carbons (Fsp3) is 0.167. The van der Waals surface area contributed by atoms with E-state index in [9.17, 15) is 4.79 Å². The fourth-order valence-electron chi connectivity index (χ4n) is 2.73. The van der Waals surface area contributed by atoms with Crippen molar-refractivity contribution in [3.63, 3.8) is 0 Å². The first-order valence-corrected chi connectivity index (χ1v) is 8.02. The van der Waals surface area contributed by atoms with Crippen LogP contribution in [-0.2, 0) is 17.8 Å². The molecule has 3 aromatic rings. The first-order chi connectivity index (χ1) is 11.0. The number of rotatable bonds is 5. The number of aliphatic carboxylic acids is 1. The molecule has 6 heteroatoms. The minimum absolute atomic E-state index is 0.